The molecule has 0 saturated heterocycles. The number of alkyl carbamates (subject to hydrolysis) is 1. The van der Waals surface area contributed by atoms with Crippen LogP contribution in [0.1, 0.15) is 45.6 Å². The summed E-state index contributed by atoms with van der Waals surface area (Å²) >= 11 is 3.41. The summed E-state index contributed by atoms with van der Waals surface area (Å²) < 4.78 is 6.17. The molecule has 2 rings (SSSR count). The van der Waals surface area contributed by atoms with E-state index >= 15 is 0 Å². The lowest BCUT2D eigenvalue weighted by Crippen LogP contribution is -2.37. The maximum Gasteiger partial charge on any atom is 0.407 e. The summed E-state index contributed by atoms with van der Waals surface area (Å²) in [5, 5.41) is 5.67. The van der Waals surface area contributed by atoms with E-state index in [0.717, 1.165) is 22.9 Å². The predicted molar refractivity (Wildman–Crippen MR) is 96.9 cm³/mol. The number of hydrogen-bond donors (Lipinski definition) is 2. The molecule has 0 aliphatic heterocycles. The summed E-state index contributed by atoms with van der Waals surface area (Å²) in [5.41, 5.74) is 0.204. The number of nitrogens with one attached hydrogen (secondary N) is 2. The molecule has 1 aliphatic rings. The molecule has 2 N–H and O–H groups in total. The molecule has 1 saturated carbocycles. The van der Waals surface area contributed by atoms with Crippen molar-refractivity contribution in [1.82, 2.24) is 10.6 Å². The Morgan fingerprint density at radius 2 is 1.71 bits per heavy atom. The summed E-state index contributed by atoms with van der Waals surface area (Å²) in [4.78, 5) is 24.0. The van der Waals surface area contributed by atoms with Gasteiger partial charge in [-0.3, -0.25) is 4.79 Å². The summed E-state index contributed by atoms with van der Waals surface area (Å²) in [6.45, 7) is 6.48. The number of halogens is 1. The van der Waals surface area contributed by atoms with Crippen molar-refractivity contribution >= 4 is 27.9 Å². The van der Waals surface area contributed by atoms with Crippen molar-refractivity contribution in [2.75, 3.05) is 13.1 Å². The molecule has 0 atom stereocenters. The molecule has 0 spiro atoms. The van der Waals surface area contributed by atoms with Gasteiger partial charge in [0.2, 0.25) is 5.91 Å². The topological polar surface area (TPSA) is 67.4 Å². The first-order chi connectivity index (χ1) is 11.2. The molecule has 2 amide bonds. The Morgan fingerprint density at radius 3 is 2.25 bits per heavy atom. The van der Waals surface area contributed by atoms with Gasteiger partial charge >= 0.3 is 6.09 Å². The number of ether oxygens (including phenoxy) is 1. The molecular weight excluding hydrogens is 372 g/mol. The highest BCUT2D eigenvalue weighted by atomic mass is 79.9. The van der Waals surface area contributed by atoms with Crippen LogP contribution in [0.2, 0.25) is 0 Å². The maximum absolute atomic E-state index is 12.5. The summed E-state index contributed by atoms with van der Waals surface area (Å²) in [6.07, 6.45) is 2.01. The Kier molecular flexibility index (Phi) is 5.91. The average molecular weight is 397 g/mol. The molecule has 6 heteroatoms. The van der Waals surface area contributed by atoms with E-state index in [4.69, 9.17) is 4.74 Å². The molecule has 0 bridgehead atoms. The highest BCUT2D eigenvalue weighted by Crippen LogP contribution is 2.48. The van der Waals surface area contributed by atoms with E-state index in [1.165, 1.54) is 0 Å². The average Bonchev–Trinajstić information content (AvgIpc) is 3.27. The first-order valence-corrected chi connectivity index (χ1v) is 9.03. The van der Waals surface area contributed by atoms with Crippen LogP contribution >= 0.6 is 15.9 Å². The Morgan fingerprint density at radius 1 is 1.12 bits per heavy atom. The van der Waals surface area contributed by atoms with E-state index in [1.807, 2.05) is 45.0 Å². The number of hydrogen-bond acceptors (Lipinski definition) is 3. The Bertz CT molecular complexity index is 589. The molecular formula is C18H25BrN2O3. The summed E-state index contributed by atoms with van der Waals surface area (Å²) in [5.74, 6) is 0.0714. The minimum Gasteiger partial charge on any atom is -0.444 e. The SMILES string of the molecule is CC(C)(C)OC(=O)NCCCNC(=O)C1(c2ccc(Br)cc2)CC1. The van der Waals surface area contributed by atoms with Gasteiger partial charge < -0.3 is 15.4 Å². The zero-order chi connectivity index (χ0) is 17.8. The van der Waals surface area contributed by atoms with E-state index in [1.54, 1.807) is 0 Å². The maximum atomic E-state index is 12.5. The third kappa shape index (κ3) is 5.23. The lowest BCUT2D eigenvalue weighted by Gasteiger charge is -2.20. The van der Waals surface area contributed by atoms with Gasteiger partial charge in [-0.05, 0) is 57.7 Å². The third-order valence-electron chi connectivity index (χ3n) is 3.89. The van der Waals surface area contributed by atoms with E-state index in [9.17, 15) is 9.59 Å². The molecule has 24 heavy (non-hydrogen) atoms. The second kappa shape index (κ2) is 7.55. The molecule has 0 radical (unpaired) electrons. The molecule has 0 aromatic heterocycles. The predicted octanol–water partition coefficient (Wildman–Crippen LogP) is 3.51. The molecule has 1 fully saturated rings. The van der Waals surface area contributed by atoms with Crippen molar-refractivity contribution in [1.29, 1.82) is 0 Å². The quantitative estimate of drug-likeness (QED) is 0.722. The van der Waals surface area contributed by atoms with Crippen molar-refractivity contribution in [2.45, 2.75) is 51.0 Å². The van der Waals surface area contributed by atoms with Crippen molar-refractivity contribution in [3.63, 3.8) is 0 Å². The van der Waals surface area contributed by atoms with Crippen molar-refractivity contribution in [2.24, 2.45) is 0 Å². The van der Waals surface area contributed by atoms with Gasteiger partial charge in [0.05, 0.1) is 5.41 Å². The van der Waals surface area contributed by atoms with Gasteiger partial charge in [-0.15, -0.1) is 0 Å². The van der Waals surface area contributed by atoms with Crippen molar-refractivity contribution in [3.8, 4) is 0 Å². The minimum atomic E-state index is -0.499. The van der Waals surface area contributed by atoms with Gasteiger partial charge in [0.1, 0.15) is 5.60 Å². The number of rotatable bonds is 6. The lowest BCUT2D eigenvalue weighted by molar-refractivity contribution is -0.123. The van der Waals surface area contributed by atoms with Crippen LogP contribution in [0.5, 0.6) is 0 Å². The first kappa shape index (κ1) is 18.8. The number of benzene rings is 1. The van der Waals surface area contributed by atoms with Gasteiger partial charge in [-0.1, -0.05) is 28.1 Å². The Balaban J connectivity index is 1.70. The van der Waals surface area contributed by atoms with Crippen molar-refractivity contribution < 1.29 is 14.3 Å². The van der Waals surface area contributed by atoms with Crippen LogP contribution < -0.4 is 10.6 Å². The van der Waals surface area contributed by atoms with Crippen LogP contribution in [0.4, 0.5) is 4.79 Å². The number of carbonyl (C=O) groups is 2. The highest BCUT2D eigenvalue weighted by molar-refractivity contribution is 9.10. The van der Waals surface area contributed by atoms with Gasteiger partial charge in [0, 0.05) is 17.6 Å². The fraction of sp³-hybridized carbons (Fsp3) is 0.556. The Hall–Kier alpha value is -1.56. The van der Waals surface area contributed by atoms with E-state index < -0.39 is 11.7 Å². The van der Waals surface area contributed by atoms with Crippen LogP contribution in [0, 0.1) is 0 Å². The van der Waals surface area contributed by atoms with Gasteiger partial charge in [-0.2, -0.15) is 0 Å². The zero-order valence-electron chi connectivity index (χ0n) is 14.4. The second-order valence-electron chi connectivity index (χ2n) is 7.13. The van der Waals surface area contributed by atoms with Crippen LogP contribution in [0.25, 0.3) is 0 Å². The largest absolute Gasteiger partial charge is 0.444 e. The zero-order valence-corrected chi connectivity index (χ0v) is 16.0. The number of amides is 2. The monoisotopic (exact) mass is 396 g/mol. The fourth-order valence-corrected chi connectivity index (χ4v) is 2.77. The Labute approximate surface area is 151 Å². The van der Waals surface area contributed by atoms with E-state index in [-0.39, 0.29) is 11.3 Å². The van der Waals surface area contributed by atoms with E-state index in [0.29, 0.717) is 19.5 Å². The molecule has 0 heterocycles. The molecule has 132 valence electrons. The first-order valence-electron chi connectivity index (χ1n) is 8.24. The molecule has 5 nitrogen and oxygen atoms in total. The van der Waals surface area contributed by atoms with Gasteiger partial charge in [0.25, 0.3) is 0 Å². The van der Waals surface area contributed by atoms with Gasteiger partial charge in [0.15, 0.2) is 0 Å². The van der Waals surface area contributed by atoms with Crippen LogP contribution in [-0.4, -0.2) is 30.7 Å². The van der Waals surface area contributed by atoms with Crippen LogP contribution in [0.3, 0.4) is 0 Å². The fourth-order valence-electron chi connectivity index (χ4n) is 2.50. The molecule has 0 unspecified atom stereocenters. The normalized spacial score (nSPS) is 15.5. The lowest BCUT2D eigenvalue weighted by atomic mass is 9.95. The smallest absolute Gasteiger partial charge is 0.407 e. The third-order valence-corrected chi connectivity index (χ3v) is 4.42. The van der Waals surface area contributed by atoms with Crippen molar-refractivity contribution in [3.05, 3.63) is 34.3 Å². The molecule has 1 aromatic rings. The summed E-state index contributed by atoms with van der Waals surface area (Å²) in [7, 11) is 0. The minimum absolute atomic E-state index is 0.0714. The van der Waals surface area contributed by atoms with E-state index in [2.05, 4.69) is 26.6 Å². The number of carbonyl (C=O) groups excluding carboxylic acids is 2. The van der Waals surface area contributed by atoms with Crippen LogP contribution in [0.15, 0.2) is 28.7 Å². The summed E-state index contributed by atoms with van der Waals surface area (Å²) in [6, 6.07) is 7.93. The molecule has 1 aliphatic carbocycles. The highest BCUT2D eigenvalue weighted by Gasteiger charge is 2.50. The van der Waals surface area contributed by atoms with Crippen LogP contribution in [-0.2, 0) is 14.9 Å². The second-order valence-corrected chi connectivity index (χ2v) is 8.04. The molecule has 1 aromatic carbocycles. The van der Waals surface area contributed by atoms with Gasteiger partial charge in [-0.25, -0.2) is 4.79 Å². The standard InChI is InChI=1S/C18H25BrN2O3/c1-17(2,3)24-16(23)21-12-4-11-20-15(22)18(9-10-18)13-5-7-14(19)8-6-13/h5-8H,4,9-12H2,1-3H3,(H,20,22)(H,21,23).